The van der Waals surface area contributed by atoms with Crippen LogP contribution in [0.3, 0.4) is 0 Å². The first-order valence-corrected chi connectivity index (χ1v) is 7.46. The summed E-state index contributed by atoms with van der Waals surface area (Å²) in [4.78, 5) is 6.09. The molecule has 0 amide bonds. The first-order chi connectivity index (χ1) is 7.79. The van der Waals surface area contributed by atoms with Crippen LogP contribution in [0.1, 0.15) is 18.7 Å². The maximum atomic E-state index is 11.1. The minimum Gasteiger partial charge on any atom is -0.372 e. The van der Waals surface area contributed by atoms with Gasteiger partial charge in [-0.2, -0.15) is 0 Å². The van der Waals surface area contributed by atoms with Gasteiger partial charge in [-0.3, -0.25) is 4.98 Å². The maximum Gasteiger partial charge on any atom is 0.149 e. The van der Waals surface area contributed by atoms with Crippen molar-refractivity contribution in [1.82, 2.24) is 4.98 Å². The summed E-state index contributed by atoms with van der Waals surface area (Å²) in [5.74, 6) is 0.137. The highest BCUT2D eigenvalue weighted by Gasteiger charge is 2.07. The van der Waals surface area contributed by atoms with Crippen molar-refractivity contribution in [3.8, 4) is 0 Å². The van der Waals surface area contributed by atoms with E-state index in [0.717, 1.165) is 11.4 Å². The molecule has 96 valence electrons. The third kappa shape index (κ3) is 4.70. The zero-order valence-electron chi connectivity index (χ0n) is 10.4. The van der Waals surface area contributed by atoms with E-state index in [2.05, 4.69) is 4.98 Å². The Morgan fingerprint density at radius 3 is 2.53 bits per heavy atom. The van der Waals surface area contributed by atoms with Gasteiger partial charge in [0.2, 0.25) is 0 Å². The molecule has 0 aliphatic heterocycles. The number of anilines is 1. The average Bonchev–Trinajstić information content (AvgIpc) is 2.25. The molecule has 0 radical (unpaired) electrons. The summed E-state index contributed by atoms with van der Waals surface area (Å²) >= 11 is 0. The Labute approximate surface area is 103 Å². The van der Waals surface area contributed by atoms with Gasteiger partial charge in [0.05, 0.1) is 23.3 Å². The topological polar surface area (TPSA) is 76.3 Å². The minimum atomic E-state index is -2.93. The van der Waals surface area contributed by atoms with Crippen molar-refractivity contribution in [2.45, 2.75) is 13.0 Å². The van der Waals surface area contributed by atoms with Gasteiger partial charge in [-0.15, -0.1) is 0 Å². The summed E-state index contributed by atoms with van der Waals surface area (Å²) in [6, 6.07) is 3.66. The molecule has 1 aromatic heterocycles. The zero-order chi connectivity index (χ0) is 13.1. The van der Waals surface area contributed by atoms with Crippen LogP contribution in [0.25, 0.3) is 0 Å². The van der Waals surface area contributed by atoms with E-state index in [-0.39, 0.29) is 11.8 Å². The molecule has 0 spiro atoms. The Hall–Kier alpha value is -1.14. The normalized spacial score (nSPS) is 13.4. The standard InChI is InChI=1S/C11H19N3O2S/c1-9(12)11-5-4-10(8-13-11)14(2)6-7-17(3,15)16/h4-5,8-9H,6-7,12H2,1-3H3/t9-/m0/s1. The lowest BCUT2D eigenvalue weighted by molar-refractivity contribution is 0.601. The van der Waals surface area contributed by atoms with Crippen LogP contribution in [0.4, 0.5) is 5.69 Å². The van der Waals surface area contributed by atoms with Crippen molar-refractivity contribution in [2.75, 3.05) is 30.5 Å². The SMILES string of the molecule is C[C@H](N)c1ccc(N(C)CCS(C)(=O)=O)cn1. The quantitative estimate of drug-likeness (QED) is 0.835. The molecule has 17 heavy (non-hydrogen) atoms. The summed E-state index contributed by atoms with van der Waals surface area (Å²) in [5, 5.41) is 0. The first kappa shape index (κ1) is 13.9. The van der Waals surface area contributed by atoms with Crippen molar-refractivity contribution < 1.29 is 8.42 Å². The molecule has 0 saturated carbocycles. The third-order valence-corrected chi connectivity index (χ3v) is 3.40. The van der Waals surface area contributed by atoms with Crippen LogP contribution >= 0.6 is 0 Å². The molecule has 6 heteroatoms. The number of nitrogens with zero attached hydrogens (tertiary/aromatic N) is 2. The molecule has 0 aliphatic rings. The van der Waals surface area contributed by atoms with Gasteiger partial charge >= 0.3 is 0 Å². The predicted molar refractivity (Wildman–Crippen MR) is 69.8 cm³/mol. The maximum absolute atomic E-state index is 11.1. The number of nitrogens with two attached hydrogens (primary N) is 1. The van der Waals surface area contributed by atoms with E-state index in [1.54, 1.807) is 6.20 Å². The lowest BCUT2D eigenvalue weighted by Gasteiger charge is -2.18. The molecular weight excluding hydrogens is 238 g/mol. The molecule has 2 N–H and O–H groups in total. The highest BCUT2D eigenvalue weighted by Crippen LogP contribution is 2.13. The van der Waals surface area contributed by atoms with Crippen molar-refractivity contribution in [1.29, 1.82) is 0 Å². The Morgan fingerprint density at radius 2 is 2.12 bits per heavy atom. The second-order valence-electron chi connectivity index (χ2n) is 4.28. The van der Waals surface area contributed by atoms with E-state index in [0.29, 0.717) is 6.54 Å². The van der Waals surface area contributed by atoms with Crippen LogP contribution in [0.2, 0.25) is 0 Å². The Balaban J connectivity index is 2.67. The highest BCUT2D eigenvalue weighted by atomic mass is 32.2. The lowest BCUT2D eigenvalue weighted by atomic mass is 10.2. The van der Waals surface area contributed by atoms with Gasteiger partial charge in [-0.05, 0) is 19.1 Å². The van der Waals surface area contributed by atoms with Crippen LogP contribution in [0.5, 0.6) is 0 Å². The molecule has 1 rings (SSSR count). The molecule has 0 bridgehead atoms. The van der Waals surface area contributed by atoms with Crippen LogP contribution in [-0.4, -0.2) is 39.0 Å². The van der Waals surface area contributed by atoms with Crippen LogP contribution in [-0.2, 0) is 9.84 Å². The van der Waals surface area contributed by atoms with Crippen LogP contribution < -0.4 is 10.6 Å². The summed E-state index contributed by atoms with van der Waals surface area (Å²) in [6.07, 6.45) is 2.94. The monoisotopic (exact) mass is 257 g/mol. The largest absolute Gasteiger partial charge is 0.372 e. The average molecular weight is 257 g/mol. The smallest absolute Gasteiger partial charge is 0.149 e. The number of pyridine rings is 1. The summed E-state index contributed by atoms with van der Waals surface area (Å²) in [6.45, 7) is 2.33. The van der Waals surface area contributed by atoms with Crippen molar-refractivity contribution >= 4 is 15.5 Å². The Bertz CT molecular complexity index is 454. The summed E-state index contributed by atoms with van der Waals surface area (Å²) < 4.78 is 22.1. The number of rotatable bonds is 5. The second kappa shape index (κ2) is 5.46. The molecule has 1 heterocycles. The molecule has 1 aromatic rings. The Kier molecular flexibility index (Phi) is 4.47. The molecule has 0 saturated heterocycles. The fourth-order valence-corrected chi connectivity index (χ4v) is 1.93. The summed E-state index contributed by atoms with van der Waals surface area (Å²) in [7, 11) is -1.09. The molecule has 0 fully saturated rings. The van der Waals surface area contributed by atoms with E-state index in [9.17, 15) is 8.42 Å². The number of aromatic nitrogens is 1. The fourth-order valence-electron chi connectivity index (χ4n) is 1.32. The van der Waals surface area contributed by atoms with Crippen molar-refractivity contribution in [3.05, 3.63) is 24.0 Å². The van der Waals surface area contributed by atoms with E-state index in [1.807, 2.05) is 31.0 Å². The van der Waals surface area contributed by atoms with Crippen molar-refractivity contribution in [2.24, 2.45) is 5.73 Å². The van der Waals surface area contributed by atoms with E-state index in [4.69, 9.17) is 5.73 Å². The number of sulfone groups is 1. The molecular formula is C11H19N3O2S. The van der Waals surface area contributed by atoms with Crippen LogP contribution in [0, 0.1) is 0 Å². The van der Waals surface area contributed by atoms with Gasteiger partial charge in [0, 0.05) is 25.9 Å². The molecule has 0 aliphatic carbocycles. The van der Waals surface area contributed by atoms with Gasteiger partial charge in [-0.1, -0.05) is 0 Å². The number of hydrogen-bond donors (Lipinski definition) is 1. The molecule has 1 atom stereocenters. The number of hydrogen-bond acceptors (Lipinski definition) is 5. The minimum absolute atomic E-state index is 0.0922. The van der Waals surface area contributed by atoms with Crippen LogP contribution in [0.15, 0.2) is 18.3 Å². The summed E-state index contributed by atoms with van der Waals surface area (Å²) in [5.41, 5.74) is 7.41. The van der Waals surface area contributed by atoms with Gasteiger partial charge in [0.15, 0.2) is 0 Å². The predicted octanol–water partition coefficient (Wildman–Crippen LogP) is 0.582. The molecule has 5 nitrogen and oxygen atoms in total. The third-order valence-electron chi connectivity index (χ3n) is 2.48. The van der Waals surface area contributed by atoms with E-state index in [1.165, 1.54) is 6.26 Å². The zero-order valence-corrected chi connectivity index (χ0v) is 11.2. The van der Waals surface area contributed by atoms with E-state index < -0.39 is 9.84 Å². The van der Waals surface area contributed by atoms with Gasteiger partial charge in [0.1, 0.15) is 9.84 Å². The van der Waals surface area contributed by atoms with Gasteiger partial charge in [-0.25, -0.2) is 8.42 Å². The highest BCUT2D eigenvalue weighted by molar-refractivity contribution is 7.90. The second-order valence-corrected chi connectivity index (χ2v) is 6.54. The molecule has 0 aromatic carbocycles. The lowest BCUT2D eigenvalue weighted by Crippen LogP contribution is -2.25. The fraction of sp³-hybridized carbons (Fsp3) is 0.545. The van der Waals surface area contributed by atoms with Crippen molar-refractivity contribution in [3.63, 3.8) is 0 Å². The molecule has 0 unspecified atom stereocenters. The van der Waals surface area contributed by atoms with E-state index >= 15 is 0 Å². The van der Waals surface area contributed by atoms with Gasteiger partial charge < -0.3 is 10.6 Å². The first-order valence-electron chi connectivity index (χ1n) is 5.40. The Morgan fingerprint density at radius 1 is 1.47 bits per heavy atom. The van der Waals surface area contributed by atoms with Gasteiger partial charge in [0.25, 0.3) is 0 Å².